The summed E-state index contributed by atoms with van der Waals surface area (Å²) in [7, 11) is 0. The Balaban J connectivity index is 0.927. The van der Waals surface area contributed by atoms with Gasteiger partial charge in [0.15, 0.2) is 0 Å². The Morgan fingerprint density at radius 3 is 2.27 bits per heavy atom. The first-order valence-electron chi connectivity index (χ1n) is 22.7. The summed E-state index contributed by atoms with van der Waals surface area (Å²) in [5, 5.41) is 35.2. The summed E-state index contributed by atoms with van der Waals surface area (Å²) in [6.07, 6.45) is 7.55. The zero-order valence-corrected chi connectivity index (χ0v) is 36.9. The number of aliphatic hydroxyl groups excluding tert-OH is 3. The van der Waals surface area contributed by atoms with E-state index in [0.29, 0.717) is 68.2 Å². The average Bonchev–Trinajstić information content (AvgIpc) is 3.25. The van der Waals surface area contributed by atoms with Gasteiger partial charge in [0.2, 0.25) is 11.8 Å². The second-order valence-corrected chi connectivity index (χ2v) is 17.9. The van der Waals surface area contributed by atoms with Gasteiger partial charge in [-0.2, -0.15) is 0 Å². The van der Waals surface area contributed by atoms with Gasteiger partial charge in [0.25, 0.3) is 0 Å². The number of amides is 2. The Morgan fingerprint density at radius 1 is 0.905 bits per heavy atom. The van der Waals surface area contributed by atoms with Gasteiger partial charge < -0.3 is 35.0 Å². The van der Waals surface area contributed by atoms with Crippen LogP contribution in [0.15, 0.2) is 96.6 Å². The lowest BCUT2D eigenvalue weighted by Crippen LogP contribution is -2.55. The van der Waals surface area contributed by atoms with Crippen LogP contribution >= 0.6 is 0 Å². The molecule has 10 nitrogen and oxygen atoms in total. The average molecular weight is 871 g/mol. The van der Waals surface area contributed by atoms with Crippen LogP contribution in [0.2, 0.25) is 0 Å². The molecule has 0 radical (unpaired) electrons. The second-order valence-electron chi connectivity index (χ2n) is 17.9. The number of allylic oxidation sites excluding steroid dienone is 3. The van der Waals surface area contributed by atoms with E-state index in [1.54, 1.807) is 17.0 Å². The molecule has 11 unspecified atom stereocenters. The number of esters is 1. The van der Waals surface area contributed by atoms with E-state index in [9.17, 15) is 38.5 Å². The predicted octanol–water partition coefficient (Wildman–Crippen LogP) is 8.71. The highest BCUT2D eigenvalue weighted by atomic mass is 19.1. The largest absolute Gasteiger partial charge is 0.494 e. The quantitative estimate of drug-likeness (QED) is 0.0473. The van der Waals surface area contributed by atoms with Crippen molar-refractivity contribution < 1.29 is 48.0 Å². The van der Waals surface area contributed by atoms with Gasteiger partial charge in [0, 0.05) is 18.2 Å². The van der Waals surface area contributed by atoms with Gasteiger partial charge in [0.1, 0.15) is 23.5 Å². The highest BCUT2D eigenvalue weighted by Crippen LogP contribution is 2.47. The summed E-state index contributed by atoms with van der Waals surface area (Å²) < 4.78 is 39.2. The number of benzene rings is 3. The maximum Gasteiger partial charge on any atom is 0.308 e. The lowest BCUT2D eigenvalue weighted by atomic mass is 9.65. The molecule has 2 aliphatic carbocycles. The Hall–Kier alpha value is -4.91. The van der Waals surface area contributed by atoms with Gasteiger partial charge in [-0.3, -0.25) is 14.4 Å². The van der Waals surface area contributed by atoms with Gasteiger partial charge in [-0.1, -0.05) is 70.2 Å². The number of nitrogens with one attached hydrogen (secondary N) is 1. The SMILES string of the molecule is CCC(C)C(=O)OC1CC(C)C=C2C=CC(C)C(CCC(O)CC(O)CC(=O)NCCCOc3ccc(C4C(CCC(O)c5ccc(F)cc5)C(=O)N4c4ccc(F)cc4)cc3)C21. The Labute approximate surface area is 370 Å². The molecule has 0 aromatic heterocycles. The smallest absolute Gasteiger partial charge is 0.308 e. The van der Waals surface area contributed by atoms with Crippen LogP contribution in [-0.4, -0.2) is 64.6 Å². The maximum atomic E-state index is 13.7. The van der Waals surface area contributed by atoms with E-state index in [-0.39, 0.29) is 66.4 Å². The minimum atomic E-state index is -1.00. The van der Waals surface area contributed by atoms with Crippen molar-refractivity contribution in [1.29, 1.82) is 0 Å². The van der Waals surface area contributed by atoms with E-state index >= 15 is 0 Å². The molecule has 340 valence electrons. The number of aliphatic hydroxyl groups is 3. The molecule has 1 aliphatic heterocycles. The minimum absolute atomic E-state index is 0.0564. The maximum absolute atomic E-state index is 13.7. The lowest BCUT2D eigenvalue weighted by molar-refractivity contribution is -0.158. The molecule has 1 heterocycles. The van der Waals surface area contributed by atoms with Crippen molar-refractivity contribution in [3.63, 3.8) is 0 Å². The third-order valence-corrected chi connectivity index (χ3v) is 13.1. The van der Waals surface area contributed by atoms with Crippen molar-refractivity contribution >= 4 is 23.5 Å². The molecular formula is C51H64F2N2O8. The molecule has 0 spiro atoms. The zero-order valence-electron chi connectivity index (χ0n) is 36.9. The molecule has 1 saturated heterocycles. The summed E-state index contributed by atoms with van der Waals surface area (Å²) in [4.78, 5) is 40.6. The second kappa shape index (κ2) is 22.1. The van der Waals surface area contributed by atoms with Crippen molar-refractivity contribution in [3.8, 4) is 5.75 Å². The van der Waals surface area contributed by atoms with E-state index < -0.39 is 35.9 Å². The van der Waals surface area contributed by atoms with Gasteiger partial charge in [-0.05, 0) is 134 Å². The monoisotopic (exact) mass is 870 g/mol. The highest BCUT2D eigenvalue weighted by Gasteiger charge is 2.48. The first-order valence-corrected chi connectivity index (χ1v) is 22.7. The molecule has 1 fully saturated rings. The fourth-order valence-corrected chi connectivity index (χ4v) is 9.38. The molecule has 0 saturated carbocycles. The first-order chi connectivity index (χ1) is 30.2. The Morgan fingerprint density at radius 2 is 1.59 bits per heavy atom. The van der Waals surface area contributed by atoms with E-state index in [2.05, 4.69) is 37.4 Å². The number of rotatable bonds is 21. The molecule has 2 amide bonds. The molecule has 11 atom stereocenters. The Bertz CT molecular complexity index is 2040. The van der Waals surface area contributed by atoms with Gasteiger partial charge >= 0.3 is 5.97 Å². The topological polar surface area (TPSA) is 146 Å². The number of carbonyl (C=O) groups excluding carboxylic acids is 3. The van der Waals surface area contributed by atoms with Crippen molar-refractivity contribution in [3.05, 3.63) is 119 Å². The summed E-state index contributed by atoms with van der Waals surface area (Å²) in [6, 6.07) is 18.4. The number of hydrogen-bond donors (Lipinski definition) is 4. The van der Waals surface area contributed by atoms with Gasteiger partial charge in [0.05, 0.1) is 49.2 Å². The van der Waals surface area contributed by atoms with E-state index in [1.165, 1.54) is 42.0 Å². The third kappa shape index (κ3) is 12.4. The molecule has 0 bridgehead atoms. The molecule has 3 aliphatic rings. The molecule has 6 rings (SSSR count). The van der Waals surface area contributed by atoms with Crippen LogP contribution in [0, 0.1) is 47.1 Å². The fraction of sp³-hybridized carbons (Fsp3) is 0.510. The molecule has 12 heteroatoms. The molecule has 3 aromatic rings. The van der Waals surface area contributed by atoms with Crippen molar-refractivity contribution in [1.82, 2.24) is 5.32 Å². The molecule has 63 heavy (non-hydrogen) atoms. The summed E-state index contributed by atoms with van der Waals surface area (Å²) in [6.45, 7) is 8.83. The van der Waals surface area contributed by atoms with E-state index in [1.807, 2.05) is 38.1 Å². The lowest BCUT2D eigenvalue weighted by Gasteiger charge is -2.48. The minimum Gasteiger partial charge on any atom is -0.494 e. The van der Waals surface area contributed by atoms with Gasteiger partial charge in [-0.25, -0.2) is 8.78 Å². The number of nitrogens with zero attached hydrogens (tertiary/aromatic N) is 1. The van der Waals surface area contributed by atoms with Gasteiger partial charge in [-0.15, -0.1) is 0 Å². The number of β-lactam (4-membered cyclic amide) rings is 1. The van der Waals surface area contributed by atoms with Crippen LogP contribution in [0.4, 0.5) is 14.5 Å². The van der Waals surface area contributed by atoms with E-state index in [4.69, 9.17) is 9.47 Å². The van der Waals surface area contributed by atoms with Crippen molar-refractivity contribution in [2.45, 2.75) is 116 Å². The van der Waals surface area contributed by atoms with Crippen LogP contribution in [0.25, 0.3) is 0 Å². The fourth-order valence-electron chi connectivity index (χ4n) is 9.38. The summed E-state index contributed by atoms with van der Waals surface area (Å²) in [5.74, 6) is -0.652. The highest BCUT2D eigenvalue weighted by molar-refractivity contribution is 6.03. The predicted molar refractivity (Wildman–Crippen MR) is 237 cm³/mol. The van der Waals surface area contributed by atoms with Crippen LogP contribution in [-0.2, 0) is 19.1 Å². The number of carbonyl (C=O) groups is 3. The normalized spacial score (nSPS) is 24.9. The summed E-state index contributed by atoms with van der Waals surface area (Å²) in [5.41, 5.74) is 3.18. The van der Waals surface area contributed by atoms with Crippen molar-refractivity contribution in [2.24, 2.45) is 35.5 Å². The number of ether oxygens (including phenoxy) is 2. The third-order valence-electron chi connectivity index (χ3n) is 13.1. The molecule has 4 N–H and O–H groups in total. The Kier molecular flexibility index (Phi) is 16.7. The van der Waals surface area contributed by atoms with Crippen LogP contribution < -0.4 is 15.0 Å². The number of anilines is 1. The number of fused-ring (bicyclic) bond motifs is 1. The van der Waals surface area contributed by atoms with Crippen LogP contribution in [0.5, 0.6) is 5.75 Å². The van der Waals surface area contributed by atoms with Crippen LogP contribution in [0.3, 0.4) is 0 Å². The number of hydrogen-bond acceptors (Lipinski definition) is 8. The van der Waals surface area contributed by atoms with Crippen molar-refractivity contribution in [2.75, 3.05) is 18.1 Å². The standard InChI is InChI=1S/C51H64F2N2O8/c1-5-32(3)51(61)63-46-28-31(2)27-36-8-7-33(4)43(48(36)46)22-19-40(56)29-41(57)30-47(59)54-25-6-26-62-42-20-11-35(12-21-42)49-44(23-24-45(58)34-9-13-37(52)14-10-34)50(60)55(49)39-17-15-38(53)16-18-39/h7-18,20-21,27,31-33,40-41,43-46,48-49,56-58H,5-6,19,22-26,28-30H2,1-4H3,(H,54,59). The molecule has 3 aromatic carbocycles. The molecular weight excluding hydrogens is 807 g/mol. The van der Waals surface area contributed by atoms with E-state index in [0.717, 1.165) is 18.4 Å². The first kappa shape index (κ1) is 47.6. The van der Waals surface area contributed by atoms with Crippen LogP contribution in [0.1, 0.15) is 109 Å². The number of halogens is 2. The zero-order chi connectivity index (χ0) is 45.2. The summed E-state index contributed by atoms with van der Waals surface area (Å²) >= 11 is 0.